The Morgan fingerprint density at radius 3 is 2.39 bits per heavy atom. The summed E-state index contributed by atoms with van der Waals surface area (Å²) in [5.74, 6) is -1.56. The van der Waals surface area contributed by atoms with Gasteiger partial charge in [0.05, 0.1) is 27.2 Å². The van der Waals surface area contributed by atoms with E-state index in [0.29, 0.717) is 5.39 Å². The molecule has 0 aliphatic carbocycles. The van der Waals surface area contributed by atoms with Crippen LogP contribution in [0.3, 0.4) is 0 Å². The van der Waals surface area contributed by atoms with Crippen molar-refractivity contribution in [2.75, 3.05) is 5.32 Å². The van der Waals surface area contributed by atoms with Crippen molar-refractivity contribution in [3.63, 3.8) is 0 Å². The second-order valence-corrected chi connectivity index (χ2v) is 9.47. The smallest absolute Gasteiger partial charge is 0.283 e. The topological polar surface area (TPSA) is 81.1 Å². The predicted molar refractivity (Wildman–Crippen MR) is 118 cm³/mol. The number of fused-ring (bicyclic) bond motifs is 1. The molecule has 1 amide bonds. The van der Waals surface area contributed by atoms with Crippen LogP contribution in [0.2, 0.25) is 15.1 Å². The van der Waals surface area contributed by atoms with Crippen LogP contribution < -0.4 is 5.32 Å². The highest BCUT2D eigenvalue weighted by atomic mass is 35.5. The zero-order valence-electron chi connectivity index (χ0n) is 15.3. The van der Waals surface area contributed by atoms with Gasteiger partial charge in [-0.05, 0) is 48.5 Å². The maximum absolute atomic E-state index is 14.0. The first-order valence-electron chi connectivity index (χ1n) is 8.61. The molecule has 3 aromatic carbocycles. The van der Waals surface area contributed by atoms with Crippen LogP contribution in [0.1, 0.15) is 10.4 Å². The molecule has 0 saturated carbocycles. The molecule has 0 radical (unpaired) electrons. The van der Waals surface area contributed by atoms with Gasteiger partial charge < -0.3 is 5.32 Å². The van der Waals surface area contributed by atoms with E-state index in [9.17, 15) is 17.6 Å². The monoisotopic (exact) mass is 497 g/mol. The van der Waals surface area contributed by atoms with E-state index in [1.807, 2.05) is 0 Å². The van der Waals surface area contributed by atoms with E-state index in [2.05, 4.69) is 10.4 Å². The Balaban J connectivity index is 1.75. The third-order valence-electron chi connectivity index (χ3n) is 4.35. The number of nitrogens with one attached hydrogen (secondary N) is 1. The summed E-state index contributed by atoms with van der Waals surface area (Å²) >= 11 is 17.8. The van der Waals surface area contributed by atoms with Gasteiger partial charge in [0.2, 0.25) is 0 Å². The number of carbonyl (C=O) groups excluding carboxylic acids is 1. The first-order valence-corrected chi connectivity index (χ1v) is 11.2. The molecule has 0 aliphatic heterocycles. The van der Waals surface area contributed by atoms with Crippen molar-refractivity contribution < 1.29 is 17.6 Å². The molecule has 11 heteroatoms. The molecule has 0 aliphatic rings. The highest BCUT2D eigenvalue weighted by Gasteiger charge is 2.22. The Hall–Kier alpha value is -2.65. The summed E-state index contributed by atoms with van der Waals surface area (Å²) in [7, 11) is -4.14. The second-order valence-electron chi connectivity index (χ2n) is 6.42. The Labute approximate surface area is 191 Å². The molecule has 0 saturated heterocycles. The van der Waals surface area contributed by atoms with E-state index in [1.54, 1.807) is 6.07 Å². The minimum absolute atomic E-state index is 0.0518. The number of halogens is 4. The van der Waals surface area contributed by atoms with E-state index in [4.69, 9.17) is 34.8 Å². The zero-order chi connectivity index (χ0) is 22.3. The van der Waals surface area contributed by atoms with Crippen LogP contribution in [-0.4, -0.2) is 23.5 Å². The number of hydrogen-bond donors (Lipinski definition) is 1. The van der Waals surface area contributed by atoms with E-state index < -0.39 is 21.7 Å². The van der Waals surface area contributed by atoms with Crippen molar-refractivity contribution in [2.24, 2.45) is 0 Å². The number of aromatic nitrogens is 2. The number of rotatable bonds is 4. The van der Waals surface area contributed by atoms with Crippen molar-refractivity contribution in [1.82, 2.24) is 9.19 Å². The molecular weight excluding hydrogens is 488 g/mol. The number of anilines is 1. The third kappa shape index (κ3) is 4.12. The first kappa shape index (κ1) is 21.6. The highest BCUT2D eigenvalue weighted by Crippen LogP contribution is 2.28. The molecule has 4 aromatic rings. The molecule has 0 atom stereocenters. The fourth-order valence-corrected chi connectivity index (χ4v) is 5.19. The maximum atomic E-state index is 14.0. The number of carbonyl (C=O) groups is 1. The summed E-state index contributed by atoms with van der Waals surface area (Å²) in [5.41, 5.74) is 0.0883. The van der Waals surface area contributed by atoms with Gasteiger partial charge in [0.1, 0.15) is 5.82 Å². The second kappa shape index (κ2) is 8.12. The Bertz CT molecular complexity index is 1410. The first-order chi connectivity index (χ1) is 14.7. The van der Waals surface area contributed by atoms with Gasteiger partial charge in [0.15, 0.2) is 0 Å². The molecule has 0 fully saturated rings. The lowest BCUT2D eigenvalue weighted by molar-refractivity contribution is 0.102. The van der Waals surface area contributed by atoms with E-state index >= 15 is 0 Å². The van der Waals surface area contributed by atoms with Crippen molar-refractivity contribution in [1.29, 1.82) is 0 Å². The standard InChI is InChI=1S/C20H11Cl3FN3O3S/c21-12-6-13(22)8-15(7-12)31(29,30)27-18-9-14(5-4-11(18)10-25-27)26-20(28)19-16(23)2-1-3-17(19)24/h1-10H,(H,26,28). The van der Waals surface area contributed by atoms with Crippen molar-refractivity contribution in [3.8, 4) is 0 Å². The van der Waals surface area contributed by atoms with Crippen LogP contribution in [0.15, 0.2) is 65.7 Å². The Kier molecular flexibility index (Phi) is 5.65. The minimum Gasteiger partial charge on any atom is -0.322 e. The summed E-state index contributed by atoms with van der Waals surface area (Å²) in [6, 6.07) is 12.3. The van der Waals surface area contributed by atoms with Crippen LogP contribution in [0.25, 0.3) is 10.9 Å². The van der Waals surface area contributed by atoms with Gasteiger partial charge in [-0.15, -0.1) is 0 Å². The Morgan fingerprint density at radius 2 is 1.71 bits per heavy atom. The number of nitrogens with zero attached hydrogens (tertiary/aromatic N) is 2. The van der Waals surface area contributed by atoms with Crippen LogP contribution >= 0.6 is 34.8 Å². The van der Waals surface area contributed by atoms with Crippen LogP contribution in [0.4, 0.5) is 10.1 Å². The molecule has 31 heavy (non-hydrogen) atoms. The number of amides is 1. The van der Waals surface area contributed by atoms with Gasteiger partial charge in [0, 0.05) is 21.1 Å². The molecule has 0 bridgehead atoms. The summed E-state index contributed by atoms with van der Waals surface area (Å²) in [6.07, 6.45) is 1.36. The van der Waals surface area contributed by atoms with Gasteiger partial charge in [-0.2, -0.15) is 17.6 Å². The third-order valence-corrected chi connectivity index (χ3v) is 6.68. The van der Waals surface area contributed by atoms with Gasteiger partial charge in [-0.25, -0.2) is 4.39 Å². The quantitative estimate of drug-likeness (QED) is 0.396. The molecule has 6 nitrogen and oxygen atoms in total. The van der Waals surface area contributed by atoms with Crippen LogP contribution in [0, 0.1) is 5.82 Å². The Morgan fingerprint density at radius 1 is 1.00 bits per heavy atom. The van der Waals surface area contributed by atoms with Gasteiger partial charge in [0.25, 0.3) is 15.9 Å². The van der Waals surface area contributed by atoms with Gasteiger partial charge in [-0.1, -0.05) is 40.9 Å². The van der Waals surface area contributed by atoms with Crippen molar-refractivity contribution in [2.45, 2.75) is 4.90 Å². The van der Waals surface area contributed by atoms with Crippen LogP contribution in [-0.2, 0) is 10.0 Å². The fourth-order valence-electron chi connectivity index (χ4n) is 2.95. The van der Waals surface area contributed by atoms with E-state index in [1.165, 1.54) is 48.7 Å². The molecule has 0 spiro atoms. The van der Waals surface area contributed by atoms with Crippen LogP contribution in [0.5, 0.6) is 0 Å². The summed E-state index contributed by atoms with van der Waals surface area (Å²) in [6.45, 7) is 0. The predicted octanol–water partition coefficient (Wildman–Crippen LogP) is 5.62. The fraction of sp³-hybridized carbons (Fsp3) is 0. The number of benzene rings is 3. The lowest BCUT2D eigenvalue weighted by Crippen LogP contribution is -2.16. The van der Waals surface area contributed by atoms with E-state index in [0.717, 1.165) is 10.2 Å². The van der Waals surface area contributed by atoms with Gasteiger partial charge in [-0.3, -0.25) is 4.79 Å². The summed E-state index contributed by atoms with van der Waals surface area (Å²) in [4.78, 5) is 12.4. The molecule has 1 heterocycles. The largest absolute Gasteiger partial charge is 0.322 e. The molecule has 158 valence electrons. The molecule has 1 N–H and O–H groups in total. The zero-order valence-corrected chi connectivity index (χ0v) is 18.4. The molecular formula is C20H11Cl3FN3O3S. The average Bonchev–Trinajstić information content (AvgIpc) is 3.11. The number of hydrogen-bond acceptors (Lipinski definition) is 4. The lowest BCUT2D eigenvalue weighted by atomic mass is 10.2. The highest BCUT2D eigenvalue weighted by molar-refractivity contribution is 7.90. The lowest BCUT2D eigenvalue weighted by Gasteiger charge is -2.10. The van der Waals surface area contributed by atoms with Gasteiger partial charge >= 0.3 is 0 Å². The summed E-state index contributed by atoms with van der Waals surface area (Å²) < 4.78 is 41.0. The van der Waals surface area contributed by atoms with E-state index in [-0.39, 0.29) is 36.7 Å². The van der Waals surface area contributed by atoms with Crippen molar-refractivity contribution in [3.05, 3.63) is 87.2 Å². The maximum Gasteiger partial charge on any atom is 0.283 e. The average molecular weight is 499 g/mol. The minimum atomic E-state index is -4.14. The summed E-state index contributed by atoms with van der Waals surface area (Å²) in [5, 5.41) is 7.22. The molecule has 4 rings (SSSR count). The SMILES string of the molecule is O=C(Nc1ccc2cnn(S(=O)(=O)c3cc(Cl)cc(Cl)c3)c2c1)c1c(F)cccc1Cl. The van der Waals surface area contributed by atoms with Crippen molar-refractivity contribution >= 4 is 67.3 Å². The molecule has 0 unspecified atom stereocenters. The normalized spacial score (nSPS) is 11.6. The molecule has 1 aromatic heterocycles.